The maximum Gasteiger partial charge on any atom is 0.150 e. The molecule has 0 aromatic carbocycles. The molecule has 138 valence electrons. The van der Waals surface area contributed by atoms with E-state index in [1.807, 2.05) is 34.3 Å². The summed E-state index contributed by atoms with van der Waals surface area (Å²) in [4.78, 5) is 4.74. The average Bonchev–Trinajstić information content (AvgIpc) is 3.17. The van der Waals surface area contributed by atoms with Crippen LogP contribution in [0.15, 0.2) is 30.9 Å². The molecule has 0 radical (unpaired) electrons. The Labute approximate surface area is 161 Å². The largest absolute Gasteiger partial charge is 0.277 e. The highest BCUT2D eigenvalue weighted by Crippen LogP contribution is 2.43. The minimum atomic E-state index is 0.421. The molecule has 4 nitrogen and oxygen atoms in total. The SMILES string of the molecule is Cn1cc(-c2cn(S)c3ncc(C4CCC(C(C)(C)C)CC4)cc23)cn1. The van der Waals surface area contributed by atoms with Crippen LogP contribution in [0.25, 0.3) is 22.2 Å². The van der Waals surface area contributed by atoms with Crippen LogP contribution in [0.1, 0.15) is 57.9 Å². The van der Waals surface area contributed by atoms with Gasteiger partial charge in [0.25, 0.3) is 0 Å². The maximum atomic E-state index is 4.74. The first-order valence-corrected chi connectivity index (χ1v) is 9.92. The van der Waals surface area contributed by atoms with Crippen molar-refractivity contribution in [2.24, 2.45) is 18.4 Å². The van der Waals surface area contributed by atoms with Gasteiger partial charge < -0.3 is 0 Å². The highest BCUT2D eigenvalue weighted by atomic mass is 32.1. The molecule has 1 fully saturated rings. The second kappa shape index (κ2) is 6.45. The number of hydrogen-bond acceptors (Lipinski definition) is 3. The third-order valence-electron chi connectivity index (χ3n) is 6.09. The van der Waals surface area contributed by atoms with E-state index in [2.05, 4.69) is 50.9 Å². The van der Waals surface area contributed by atoms with Crippen molar-refractivity contribution in [1.29, 1.82) is 0 Å². The van der Waals surface area contributed by atoms with E-state index in [-0.39, 0.29) is 0 Å². The first-order chi connectivity index (χ1) is 12.3. The van der Waals surface area contributed by atoms with Crippen molar-refractivity contribution in [3.63, 3.8) is 0 Å². The van der Waals surface area contributed by atoms with Crippen LogP contribution in [0.2, 0.25) is 0 Å². The number of rotatable bonds is 2. The lowest BCUT2D eigenvalue weighted by Crippen LogP contribution is -2.25. The highest BCUT2D eigenvalue weighted by molar-refractivity contribution is 7.78. The topological polar surface area (TPSA) is 35.6 Å². The molecule has 0 unspecified atom stereocenters. The molecule has 0 amide bonds. The van der Waals surface area contributed by atoms with Crippen molar-refractivity contribution in [3.8, 4) is 11.1 Å². The Morgan fingerprint density at radius 3 is 2.42 bits per heavy atom. The quantitative estimate of drug-likeness (QED) is 0.611. The van der Waals surface area contributed by atoms with E-state index in [4.69, 9.17) is 4.98 Å². The van der Waals surface area contributed by atoms with Gasteiger partial charge in [0.15, 0.2) is 0 Å². The van der Waals surface area contributed by atoms with Crippen molar-refractivity contribution in [2.75, 3.05) is 0 Å². The third-order valence-corrected chi connectivity index (χ3v) is 6.39. The van der Waals surface area contributed by atoms with Crippen LogP contribution < -0.4 is 0 Å². The van der Waals surface area contributed by atoms with Crippen LogP contribution in [0, 0.1) is 11.3 Å². The summed E-state index contributed by atoms with van der Waals surface area (Å²) in [5.74, 6) is 1.45. The van der Waals surface area contributed by atoms with Gasteiger partial charge in [0.05, 0.1) is 6.20 Å². The standard InChI is InChI=1S/C21H28N4S/c1-21(2,3)17-7-5-14(6-8-17)15-9-18-19(16-11-23-24(4)12-16)13-25(26)20(18)22-10-15/h9-14,17,26H,5-8H2,1-4H3. The molecule has 3 aromatic heterocycles. The number of hydrogen-bond donors (Lipinski definition) is 1. The summed E-state index contributed by atoms with van der Waals surface area (Å²) in [6, 6.07) is 2.33. The average molecular weight is 369 g/mol. The summed E-state index contributed by atoms with van der Waals surface area (Å²) in [6.07, 6.45) is 13.2. The fourth-order valence-electron chi connectivity index (χ4n) is 4.41. The molecule has 0 N–H and O–H groups in total. The van der Waals surface area contributed by atoms with Gasteiger partial charge in [-0.2, -0.15) is 5.10 Å². The van der Waals surface area contributed by atoms with E-state index in [0.717, 1.165) is 22.7 Å². The number of nitrogens with zero attached hydrogens (tertiary/aromatic N) is 4. The molecule has 0 spiro atoms. The summed E-state index contributed by atoms with van der Waals surface area (Å²) in [6.45, 7) is 7.13. The van der Waals surface area contributed by atoms with Crippen molar-refractivity contribution in [1.82, 2.24) is 18.7 Å². The Kier molecular flexibility index (Phi) is 4.38. The summed E-state index contributed by atoms with van der Waals surface area (Å²) in [5.41, 5.74) is 4.97. The molecule has 5 heteroatoms. The zero-order valence-electron chi connectivity index (χ0n) is 16.1. The fraction of sp³-hybridized carbons (Fsp3) is 0.524. The Balaban J connectivity index is 1.66. The smallest absolute Gasteiger partial charge is 0.150 e. The minimum absolute atomic E-state index is 0.421. The van der Waals surface area contributed by atoms with E-state index < -0.39 is 0 Å². The van der Waals surface area contributed by atoms with Gasteiger partial charge in [0, 0.05) is 42.2 Å². The van der Waals surface area contributed by atoms with Gasteiger partial charge in [-0.1, -0.05) is 33.6 Å². The fourth-order valence-corrected chi connectivity index (χ4v) is 4.69. The van der Waals surface area contributed by atoms with Crippen LogP contribution in [0.3, 0.4) is 0 Å². The van der Waals surface area contributed by atoms with Crippen LogP contribution in [0.5, 0.6) is 0 Å². The summed E-state index contributed by atoms with van der Waals surface area (Å²) < 4.78 is 3.65. The Morgan fingerprint density at radius 2 is 1.81 bits per heavy atom. The van der Waals surface area contributed by atoms with Gasteiger partial charge in [0.1, 0.15) is 5.65 Å². The molecule has 1 aliphatic rings. The zero-order valence-corrected chi connectivity index (χ0v) is 17.0. The van der Waals surface area contributed by atoms with Gasteiger partial charge in [-0.25, -0.2) is 4.98 Å². The molecular formula is C21H28N4S. The van der Waals surface area contributed by atoms with Crippen LogP contribution in [0.4, 0.5) is 0 Å². The molecule has 3 heterocycles. The van der Waals surface area contributed by atoms with Crippen molar-refractivity contribution in [3.05, 3.63) is 36.4 Å². The lowest BCUT2D eigenvalue weighted by molar-refractivity contribution is 0.169. The molecule has 0 aliphatic heterocycles. The van der Waals surface area contributed by atoms with E-state index >= 15 is 0 Å². The lowest BCUT2D eigenvalue weighted by atomic mass is 9.69. The van der Waals surface area contributed by atoms with E-state index in [1.54, 1.807) is 0 Å². The van der Waals surface area contributed by atoms with Crippen LogP contribution >= 0.6 is 12.8 Å². The van der Waals surface area contributed by atoms with E-state index in [0.29, 0.717) is 11.3 Å². The van der Waals surface area contributed by atoms with Crippen LogP contribution in [-0.4, -0.2) is 18.7 Å². The molecule has 4 rings (SSSR count). The third kappa shape index (κ3) is 3.18. The number of pyridine rings is 1. The predicted octanol–water partition coefficient (Wildman–Crippen LogP) is 5.45. The summed E-state index contributed by atoms with van der Waals surface area (Å²) in [7, 11) is 1.95. The summed E-state index contributed by atoms with van der Waals surface area (Å²) in [5, 5.41) is 5.48. The van der Waals surface area contributed by atoms with Crippen molar-refractivity contribution < 1.29 is 0 Å². The van der Waals surface area contributed by atoms with Crippen molar-refractivity contribution in [2.45, 2.75) is 52.4 Å². The predicted molar refractivity (Wildman–Crippen MR) is 110 cm³/mol. The first-order valence-electron chi connectivity index (χ1n) is 9.52. The van der Waals surface area contributed by atoms with Gasteiger partial charge in [0.2, 0.25) is 0 Å². The molecule has 0 saturated heterocycles. The maximum absolute atomic E-state index is 4.74. The second-order valence-corrected chi connectivity index (χ2v) is 9.28. The Hall–Kier alpha value is -1.75. The second-order valence-electron chi connectivity index (χ2n) is 8.84. The van der Waals surface area contributed by atoms with Crippen LogP contribution in [-0.2, 0) is 7.05 Å². The van der Waals surface area contributed by atoms with Gasteiger partial charge >= 0.3 is 0 Å². The number of aryl methyl sites for hydroxylation is 1. The molecule has 0 bridgehead atoms. The molecule has 0 atom stereocenters. The molecule has 1 aliphatic carbocycles. The molecule has 26 heavy (non-hydrogen) atoms. The number of aromatic nitrogens is 4. The minimum Gasteiger partial charge on any atom is -0.277 e. The molecular weight excluding hydrogens is 340 g/mol. The van der Waals surface area contributed by atoms with Gasteiger partial charge in [-0.3, -0.25) is 8.65 Å². The number of thiol groups is 1. The normalized spacial score (nSPS) is 21.4. The lowest BCUT2D eigenvalue weighted by Gasteiger charge is -2.37. The van der Waals surface area contributed by atoms with E-state index in [9.17, 15) is 0 Å². The number of fused-ring (bicyclic) bond motifs is 1. The first kappa shape index (κ1) is 17.7. The Bertz CT molecular complexity index is 923. The summed E-state index contributed by atoms with van der Waals surface area (Å²) >= 11 is 4.56. The molecule has 1 saturated carbocycles. The van der Waals surface area contributed by atoms with Gasteiger partial charge in [-0.15, -0.1) is 0 Å². The van der Waals surface area contributed by atoms with E-state index in [1.165, 1.54) is 36.6 Å². The monoisotopic (exact) mass is 368 g/mol. The Morgan fingerprint density at radius 1 is 1.08 bits per heavy atom. The highest BCUT2D eigenvalue weighted by Gasteiger charge is 2.30. The zero-order chi connectivity index (χ0) is 18.5. The van der Waals surface area contributed by atoms with Crippen molar-refractivity contribution >= 4 is 23.8 Å². The molecule has 3 aromatic rings. The van der Waals surface area contributed by atoms with Gasteiger partial charge in [-0.05, 0) is 54.6 Å².